The predicted molar refractivity (Wildman–Crippen MR) is 110 cm³/mol. The molecule has 3 aromatic rings. The largest absolute Gasteiger partial charge is 0.505 e. The van der Waals surface area contributed by atoms with E-state index < -0.39 is 18.4 Å². The lowest BCUT2D eigenvalue weighted by atomic mass is 9.86. The highest BCUT2D eigenvalue weighted by atomic mass is 16.4. The number of nitrogens with zero attached hydrogens (tertiary/aromatic N) is 2. The fourth-order valence-electron chi connectivity index (χ4n) is 3.03. The maximum absolute atomic E-state index is 12.1. The highest BCUT2D eigenvalue weighted by Gasteiger charge is 2.20. The molecule has 7 heteroatoms. The molecule has 1 amide bonds. The van der Waals surface area contributed by atoms with E-state index in [1.165, 1.54) is 5.56 Å². The molecule has 3 rings (SSSR count). The standard InChI is InChI=1S/C22H23N3O4/c1-12-18-15(20(28)19(24-12)21(29)23-11-17(26)27)9-10-16(25-18)13-5-7-14(8-6-13)22(2,3)4/h5-10,28H,11H2,1-4H3,(H,23,29)(H,26,27). The van der Waals surface area contributed by atoms with Crippen LogP contribution in [0.2, 0.25) is 0 Å². The molecule has 7 nitrogen and oxygen atoms in total. The van der Waals surface area contributed by atoms with Gasteiger partial charge in [-0.15, -0.1) is 0 Å². The second-order valence-corrected chi connectivity index (χ2v) is 7.89. The summed E-state index contributed by atoms with van der Waals surface area (Å²) >= 11 is 0. The zero-order valence-electron chi connectivity index (χ0n) is 16.8. The quantitative estimate of drug-likeness (QED) is 0.626. The van der Waals surface area contributed by atoms with Crippen LogP contribution in [0.5, 0.6) is 5.75 Å². The van der Waals surface area contributed by atoms with Crippen LogP contribution >= 0.6 is 0 Å². The number of benzene rings is 1. The van der Waals surface area contributed by atoms with Crippen molar-refractivity contribution >= 4 is 22.8 Å². The fourth-order valence-corrected chi connectivity index (χ4v) is 3.03. The van der Waals surface area contributed by atoms with E-state index in [4.69, 9.17) is 5.11 Å². The third-order valence-corrected chi connectivity index (χ3v) is 4.66. The van der Waals surface area contributed by atoms with E-state index in [1.807, 2.05) is 12.1 Å². The van der Waals surface area contributed by atoms with Gasteiger partial charge in [0.15, 0.2) is 11.4 Å². The van der Waals surface area contributed by atoms with Gasteiger partial charge >= 0.3 is 5.97 Å². The first-order chi connectivity index (χ1) is 13.6. The van der Waals surface area contributed by atoms with E-state index >= 15 is 0 Å². The van der Waals surface area contributed by atoms with Gasteiger partial charge in [-0.1, -0.05) is 45.0 Å². The highest BCUT2D eigenvalue weighted by Crippen LogP contribution is 2.31. The van der Waals surface area contributed by atoms with Crippen LogP contribution in [0, 0.1) is 6.92 Å². The molecule has 0 aliphatic heterocycles. The number of amides is 1. The normalized spacial score (nSPS) is 11.4. The average Bonchev–Trinajstić information content (AvgIpc) is 2.68. The molecule has 150 valence electrons. The Labute approximate surface area is 168 Å². The van der Waals surface area contributed by atoms with Gasteiger partial charge in [-0.3, -0.25) is 9.59 Å². The topological polar surface area (TPSA) is 112 Å². The number of aromatic hydroxyl groups is 1. The van der Waals surface area contributed by atoms with Gasteiger partial charge in [-0.05, 0) is 30.0 Å². The molecular formula is C22H23N3O4. The van der Waals surface area contributed by atoms with Crippen LogP contribution in [0.4, 0.5) is 0 Å². The molecular weight excluding hydrogens is 370 g/mol. The Kier molecular flexibility index (Phi) is 5.24. The van der Waals surface area contributed by atoms with Gasteiger partial charge in [0.1, 0.15) is 6.54 Å². The number of aryl methyl sites for hydroxylation is 1. The molecule has 0 atom stereocenters. The molecule has 0 fully saturated rings. The number of pyridine rings is 2. The second-order valence-electron chi connectivity index (χ2n) is 7.89. The van der Waals surface area contributed by atoms with Crippen LogP contribution in [0.3, 0.4) is 0 Å². The van der Waals surface area contributed by atoms with Crippen molar-refractivity contribution in [1.29, 1.82) is 0 Å². The van der Waals surface area contributed by atoms with Crippen LogP contribution in [0.1, 0.15) is 42.5 Å². The van der Waals surface area contributed by atoms with E-state index in [1.54, 1.807) is 19.1 Å². The number of carbonyl (C=O) groups is 2. The molecule has 0 aliphatic rings. The van der Waals surface area contributed by atoms with Crippen molar-refractivity contribution in [3.8, 4) is 17.0 Å². The van der Waals surface area contributed by atoms with Crippen molar-refractivity contribution in [1.82, 2.24) is 15.3 Å². The van der Waals surface area contributed by atoms with Crippen molar-refractivity contribution in [3.05, 3.63) is 53.3 Å². The minimum Gasteiger partial charge on any atom is -0.505 e. The number of rotatable bonds is 4. The van der Waals surface area contributed by atoms with Crippen molar-refractivity contribution < 1.29 is 19.8 Å². The zero-order valence-corrected chi connectivity index (χ0v) is 16.8. The van der Waals surface area contributed by atoms with Gasteiger partial charge in [-0.25, -0.2) is 9.97 Å². The molecule has 1 aromatic carbocycles. The Morgan fingerprint density at radius 2 is 1.69 bits per heavy atom. The number of carboxylic acid groups (broad SMARTS) is 1. The minimum atomic E-state index is -1.18. The van der Waals surface area contributed by atoms with E-state index in [0.29, 0.717) is 16.6 Å². The monoisotopic (exact) mass is 393 g/mol. The minimum absolute atomic E-state index is 0.0548. The Hall–Kier alpha value is -3.48. The lowest BCUT2D eigenvalue weighted by molar-refractivity contribution is -0.135. The van der Waals surface area contributed by atoms with Crippen molar-refractivity contribution in [2.75, 3.05) is 6.54 Å². The lowest BCUT2D eigenvalue weighted by Crippen LogP contribution is -2.30. The van der Waals surface area contributed by atoms with Gasteiger partial charge in [0.05, 0.1) is 16.9 Å². The lowest BCUT2D eigenvalue weighted by Gasteiger charge is -2.19. The molecule has 0 radical (unpaired) electrons. The zero-order chi connectivity index (χ0) is 21.3. The van der Waals surface area contributed by atoms with Crippen molar-refractivity contribution in [2.24, 2.45) is 0 Å². The molecule has 2 aromatic heterocycles. The fraction of sp³-hybridized carbons (Fsp3) is 0.273. The van der Waals surface area contributed by atoms with E-state index in [2.05, 4.69) is 48.2 Å². The van der Waals surface area contributed by atoms with E-state index in [-0.39, 0.29) is 16.9 Å². The van der Waals surface area contributed by atoms with Gasteiger partial charge in [-0.2, -0.15) is 0 Å². The number of aromatic nitrogens is 2. The summed E-state index contributed by atoms with van der Waals surface area (Å²) in [5.74, 6) is -2.26. The maximum atomic E-state index is 12.1. The molecule has 0 unspecified atom stereocenters. The van der Waals surface area contributed by atoms with Gasteiger partial charge in [0.2, 0.25) is 0 Å². The summed E-state index contributed by atoms with van der Waals surface area (Å²) in [4.78, 5) is 31.6. The number of nitrogens with one attached hydrogen (secondary N) is 1. The van der Waals surface area contributed by atoms with Gasteiger partial charge in [0, 0.05) is 10.9 Å². The summed E-state index contributed by atoms with van der Waals surface area (Å²) in [7, 11) is 0. The molecule has 0 saturated carbocycles. The van der Waals surface area contributed by atoms with Crippen LogP contribution in [-0.4, -0.2) is 38.6 Å². The molecule has 3 N–H and O–H groups in total. The smallest absolute Gasteiger partial charge is 0.322 e. The summed E-state index contributed by atoms with van der Waals surface area (Å²) in [5.41, 5.74) is 3.66. The Bertz CT molecular complexity index is 1100. The molecule has 0 saturated heterocycles. The SMILES string of the molecule is Cc1nc(C(=O)NCC(=O)O)c(O)c2ccc(-c3ccc(C(C)(C)C)cc3)nc12. The Morgan fingerprint density at radius 3 is 2.28 bits per heavy atom. The predicted octanol–water partition coefficient (Wildman–Crippen LogP) is 3.42. The van der Waals surface area contributed by atoms with E-state index in [0.717, 1.165) is 11.3 Å². The molecule has 0 spiro atoms. The molecule has 0 bridgehead atoms. The summed E-state index contributed by atoms with van der Waals surface area (Å²) < 4.78 is 0. The number of fused-ring (bicyclic) bond motifs is 1. The van der Waals surface area contributed by atoms with Gasteiger partial charge in [0.25, 0.3) is 5.91 Å². The molecule has 2 heterocycles. The number of carboxylic acids is 1. The third kappa shape index (κ3) is 4.18. The van der Waals surface area contributed by atoms with Crippen LogP contribution in [0.25, 0.3) is 22.2 Å². The first-order valence-electron chi connectivity index (χ1n) is 9.19. The molecule has 29 heavy (non-hydrogen) atoms. The number of aliphatic carboxylic acids is 1. The third-order valence-electron chi connectivity index (χ3n) is 4.66. The second kappa shape index (κ2) is 7.50. The molecule has 0 aliphatic carbocycles. The van der Waals surface area contributed by atoms with Crippen molar-refractivity contribution in [3.63, 3.8) is 0 Å². The highest BCUT2D eigenvalue weighted by molar-refractivity contribution is 6.02. The number of hydrogen-bond donors (Lipinski definition) is 3. The summed E-state index contributed by atoms with van der Waals surface area (Å²) in [6.07, 6.45) is 0. The van der Waals surface area contributed by atoms with Crippen LogP contribution in [-0.2, 0) is 10.2 Å². The number of carbonyl (C=O) groups excluding carboxylic acids is 1. The van der Waals surface area contributed by atoms with Crippen LogP contribution < -0.4 is 5.32 Å². The summed E-state index contributed by atoms with van der Waals surface area (Å²) in [6.45, 7) is 7.59. The summed E-state index contributed by atoms with van der Waals surface area (Å²) in [6, 6.07) is 11.6. The average molecular weight is 393 g/mol. The van der Waals surface area contributed by atoms with E-state index in [9.17, 15) is 14.7 Å². The first-order valence-corrected chi connectivity index (χ1v) is 9.19. The van der Waals surface area contributed by atoms with Gasteiger partial charge < -0.3 is 15.5 Å². The summed E-state index contributed by atoms with van der Waals surface area (Å²) in [5, 5.41) is 21.8. The first kappa shape index (κ1) is 20.3. The number of hydrogen-bond acceptors (Lipinski definition) is 5. The Balaban J connectivity index is 2.01. The maximum Gasteiger partial charge on any atom is 0.322 e. The van der Waals surface area contributed by atoms with Crippen LogP contribution in [0.15, 0.2) is 36.4 Å². The Morgan fingerprint density at radius 1 is 1.03 bits per heavy atom. The van der Waals surface area contributed by atoms with Crippen molar-refractivity contribution in [2.45, 2.75) is 33.1 Å².